The molecule has 0 atom stereocenters. The number of rotatable bonds is 3. The Bertz CT molecular complexity index is 1020. The molecule has 0 spiro atoms. The van der Waals surface area contributed by atoms with E-state index in [4.69, 9.17) is 9.47 Å². The van der Waals surface area contributed by atoms with Gasteiger partial charge in [0.05, 0.1) is 7.11 Å². The number of fused-ring (bicyclic) bond motifs is 1. The zero-order valence-corrected chi connectivity index (χ0v) is 16.4. The van der Waals surface area contributed by atoms with Gasteiger partial charge < -0.3 is 14.6 Å². The average molecular weight is 372 g/mol. The molecule has 0 radical (unpaired) electrons. The number of phenolic OH excluding ortho intramolecular Hbond substituents is 1. The van der Waals surface area contributed by atoms with E-state index in [1.165, 1.54) is 5.57 Å². The molecule has 3 heteroatoms. The van der Waals surface area contributed by atoms with Gasteiger partial charge in [-0.1, -0.05) is 42.5 Å². The first-order valence-electron chi connectivity index (χ1n) is 9.42. The van der Waals surface area contributed by atoms with E-state index in [-0.39, 0.29) is 11.4 Å². The molecule has 1 heterocycles. The van der Waals surface area contributed by atoms with Gasteiger partial charge in [0.25, 0.3) is 0 Å². The van der Waals surface area contributed by atoms with E-state index in [2.05, 4.69) is 44.2 Å². The van der Waals surface area contributed by atoms with Gasteiger partial charge in [-0.15, -0.1) is 0 Å². The lowest BCUT2D eigenvalue weighted by Crippen LogP contribution is -2.32. The van der Waals surface area contributed by atoms with Crippen LogP contribution in [0.1, 0.15) is 37.0 Å². The summed E-state index contributed by atoms with van der Waals surface area (Å²) in [5, 5.41) is 9.77. The summed E-state index contributed by atoms with van der Waals surface area (Å²) >= 11 is 0. The third-order valence-electron chi connectivity index (χ3n) is 5.02. The molecular formula is C25H24O3. The second-order valence-corrected chi connectivity index (χ2v) is 7.67. The highest BCUT2D eigenvalue weighted by molar-refractivity contribution is 6.00. The van der Waals surface area contributed by atoms with Crippen LogP contribution in [0, 0.1) is 0 Å². The summed E-state index contributed by atoms with van der Waals surface area (Å²) in [6.45, 7) is 4.21. The van der Waals surface area contributed by atoms with Gasteiger partial charge in [0, 0.05) is 18.1 Å². The summed E-state index contributed by atoms with van der Waals surface area (Å²) in [6.07, 6.45) is 0.775. The van der Waals surface area contributed by atoms with Gasteiger partial charge in [0.15, 0.2) is 0 Å². The Morgan fingerprint density at radius 3 is 2.29 bits per heavy atom. The van der Waals surface area contributed by atoms with Crippen molar-refractivity contribution in [1.29, 1.82) is 0 Å². The predicted octanol–water partition coefficient (Wildman–Crippen LogP) is 5.92. The fourth-order valence-corrected chi connectivity index (χ4v) is 3.79. The molecule has 0 fully saturated rings. The summed E-state index contributed by atoms with van der Waals surface area (Å²) < 4.78 is 11.7. The van der Waals surface area contributed by atoms with Crippen molar-refractivity contribution in [2.24, 2.45) is 0 Å². The van der Waals surface area contributed by atoms with Crippen LogP contribution in [-0.4, -0.2) is 17.8 Å². The maximum atomic E-state index is 9.77. The second kappa shape index (κ2) is 7.08. The highest BCUT2D eigenvalue weighted by Crippen LogP contribution is 2.46. The number of ether oxygens (including phenoxy) is 2. The molecule has 4 rings (SSSR count). The summed E-state index contributed by atoms with van der Waals surface area (Å²) in [5.74, 6) is 1.87. The molecule has 3 aromatic carbocycles. The van der Waals surface area contributed by atoms with Crippen molar-refractivity contribution in [2.75, 3.05) is 7.11 Å². The summed E-state index contributed by atoms with van der Waals surface area (Å²) in [5.41, 5.74) is 5.33. The van der Waals surface area contributed by atoms with Crippen LogP contribution in [0.2, 0.25) is 0 Å². The maximum absolute atomic E-state index is 9.77. The standard InChI is InChI=1S/C25H24O3/c1-25(2)16-22(21-14-13-20(27-3)15-23(21)28-25)24(17-7-5-4-6-8-17)18-9-11-19(26)12-10-18/h4-15,26H,16H2,1-3H3/b24-22+. The largest absolute Gasteiger partial charge is 0.508 e. The first-order chi connectivity index (χ1) is 13.5. The van der Waals surface area contributed by atoms with Gasteiger partial charge in [0.2, 0.25) is 0 Å². The van der Waals surface area contributed by atoms with E-state index in [0.29, 0.717) is 0 Å². The van der Waals surface area contributed by atoms with Crippen LogP contribution in [-0.2, 0) is 0 Å². The normalized spacial score (nSPS) is 16.7. The van der Waals surface area contributed by atoms with E-state index in [0.717, 1.165) is 40.2 Å². The lowest BCUT2D eigenvalue weighted by atomic mass is 9.82. The summed E-state index contributed by atoms with van der Waals surface area (Å²) in [6, 6.07) is 23.8. The molecule has 0 saturated carbocycles. The molecule has 3 aromatic rings. The zero-order chi connectivity index (χ0) is 19.7. The predicted molar refractivity (Wildman–Crippen MR) is 113 cm³/mol. The minimum Gasteiger partial charge on any atom is -0.508 e. The number of benzene rings is 3. The van der Waals surface area contributed by atoms with Crippen LogP contribution < -0.4 is 9.47 Å². The number of hydrogen-bond acceptors (Lipinski definition) is 3. The SMILES string of the molecule is COc1ccc2c(c1)OC(C)(C)C/C2=C(/c1ccccc1)c1ccc(O)cc1. The van der Waals surface area contributed by atoms with E-state index in [1.807, 2.05) is 30.3 Å². The van der Waals surface area contributed by atoms with Crippen molar-refractivity contribution in [2.45, 2.75) is 25.9 Å². The minimum absolute atomic E-state index is 0.263. The van der Waals surface area contributed by atoms with E-state index >= 15 is 0 Å². The van der Waals surface area contributed by atoms with Crippen LogP contribution in [0.5, 0.6) is 17.2 Å². The number of hydrogen-bond donors (Lipinski definition) is 1. The molecule has 1 N–H and O–H groups in total. The van der Waals surface area contributed by atoms with Crippen LogP contribution >= 0.6 is 0 Å². The smallest absolute Gasteiger partial charge is 0.131 e. The molecular weight excluding hydrogens is 348 g/mol. The van der Waals surface area contributed by atoms with Gasteiger partial charge in [-0.2, -0.15) is 0 Å². The molecule has 1 aliphatic rings. The maximum Gasteiger partial charge on any atom is 0.131 e. The Hall–Kier alpha value is -3.20. The Balaban J connectivity index is 2.02. The van der Waals surface area contributed by atoms with Crippen molar-refractivity contribution < 1.29 is 14.6 Å². The van der Waals surface area contributed by atoms with E-state index in [1.54, 1.807) is 19.2 Å². The Kier molecular flexibility index (Phi) is 4.60. The Morgan fingerprint density at radius 1 is 0.929 bits per heavy atom. The zero-order valence-electron chi connectivity index (χ0n) is 16.4. The molecule has 3 nitrogen and oxygen atoms in total. The fraction of sp³-hybridized carbons (Fsp3) is 0.200. The first-order valence-corrected chi connectivity index (χ1v) is 9.42. The topological polar surface area (TPSA) is 38.7 Å². The van der Waals surface area contributed by atoms with Gasteiger partial charge in [-0.05, 0) is 60.4 Å². The highest BCUT2D eigenvalue weighted by Gasteiger charge is 2.32. The second-order valence-electron chi connectivity index (χ2n) is 7.67. The third-order valence-corrected chi connectivity index (χ3v) is 5.02. The molecule has 0 aliphatic carbocycles. The number of methoxy groups -OCH3 is 1. The van der Waals surface area contributed by atoms with Crippen LogP contribution in [0.4, 0.5) is 0 Å². The Morgan fingerprint density at radius 2 is 1.61 bits per heavy atom. The van der Waals surface area contributed by atoms with Crippen LogP contribution in [0.25, 0.3) is 11.1 Å². The fourth-order valence-electron chi connectivity index (χ4n) is 3.79. The van der Waals surface area contributed by atoms with E-state index in [9.17, 15) is 5.11 Å². The van der Waals surface area contributed by atoms with Crippen LogP contribution in [0.3, 0.4) is 0 Å². The average Bonchev–Trinajstić information content (AvgIpc) is 2.69. The number of aromatic hydroxyl groups is 1. The van der Waals surface area contributed by atoms with Crippen molar-refractivity contribution in [3.05, 3.63) is 89.5 Å². The minimum atomic E-state index is -0.342. The monoisotopic (exact) mass is 372 g/mol. The van der Waals surface area contributed by atoms with Crippen molar-refractivity contribution in [3.63, 3.8) is 0 Å². The molecule has 0 saturated heterocycles. The lowest BCUT2D eigenvalue weighted by molar-refractivity contribution is 0.107. The van der Waals surface area contributed by atoms with Crippen LogP contribution in [0.15, 0.2) is 72.8 Å². The van der Waals surface area contributed by atoms with Crippen molar-refractivity contribution >= 4 is 11.1 Å². The molecule has 142 valence electrons. The quantitative estimate of drug-likeness (QED) is 0.620. The van der Waals surface area contributed by atoms with Gasteiger partial charge in [-0.25, -0.2) is 0 Å². The van der Waals surface area contributed by atoms with Gasteiger partial charge in [0.1, 0.15) is 22.8 Å². The molecule has 28 heavy (non-hydrogen) atoms. The van der Waals surface area contributed by atoms with Gasteiger partial charge in [-0.3, -0.25) is 0 Å². The molecule has 0 aromatic heterocycles. The van der Waals surface area contributed by atoms with Crippen molar-refractivity contribution in [3.8, 4) is 17.2 Å². The molecule has 1 aliphatic heterocycles. The summed E-state index contributed by atoms with van der Waals surface area (Å²) in [4.78, 5) is 0. The van der Waals surface area contributed by atoms with E-state index < -0.39 is 0 Å². The highest BCUT2D eigenvalue weighted by atomic mass is 16.5. The number of phenols is 1. The molecule has 0 bridgehead atoms. The Labute approximate surface area is 165 Å². The molecule has 0 unspecified atom stereocenters. The van der Waals surface area contributed by atoms with Gasteiger partial charge >= 0.3 is 0 Å². The summed E-state index contributed by atoms with van der Waals surface area (Å²) in [7, 11) is 1.66. The third kappa shape index (κ3) is 3.48. The lowest BCUT2D eigenvalue weighted by Gasteiger charge is -2.36. The van der Waals surface area contributed by atoms with Crippen molar-refractivity contribution in [1.82, 2.24) is 0 Å². The molecule has 0 amide bonds. The first kappa shape index (κ1) is 18.2.